The molecule has 0 atom stereocenters. The minimum Gasteiger partial charge on any atom is -0.258 e. The monoisotopic (exact) mass is 179 g/mol. The van der Waals surface area contributed by atoms with Crippen molar-refractivity contribution in [2.45, 2.75) is 41.5 Å². The third-order valence-corrected chi connectivity index (χ3v) is 1.49. The lowest BCUT2D eigenvalue weighted by molar-refractivity contribution is 0.737. The molecule has 0 aromatic carbocycles. The van der Waals surface area contributed by atoms with Crippen molar-refractivity contribution in [1.82, 2.24) is 4.98 Å². The van der Waals surface area contributed by atoms with Crippen LogP contribution in [0.2, 0.25) is 0 Å². The van der Waals surface area contributed by atoms with Crippen LogP contribution in [0, 0.1) is 26.7 Å². The van der Waals surface area contributed by atoms with Gasteiger partial charge in [-0.2, -0.15) is 0 Å². The van der Waals surface area contributed by atoms with Crippen LogP contribution < -0.4 is 0 Å². The van der Waals surface area contributed by atoms with Gasteiger partial charge in [-0.1, -0.05) is 26.8 Å². The van der Waals surface area contributed by atoms with Crippen LogP contribution in [-0.4, -0.2) is 4.98 Å². The summed E-state index contributed by atoms with van der Waals surface area (Å²) in [5.41, 5.74) is 3.49. The summed E-state index contributed by atoms with van der Waals surface area (Å²) >= 11 is 0. The number of hydrogen-bond donors (Lipinski definition) is 0. The SMILES string of the molecule is CC(C)C.Cc1ccc(C)c(C)n1. The Morgan fingerprint density at radius 2 is 1.46 bits per heavy atom. The summed E-state index contributed by atoms with van der Waals surface area (Å²) in [6.07, 6.45) is 0. The zero-order valence-electron chi connectivity index (χ0n) is 9.68. The van der Waals surface area contributed by atoms with E-state index in [1.165, 1.54) is 5.56 Å². The minimum atomic E-state index is 0.833. The number of aryl methyl sites for hydroxylation is 3. The van der Waals surface area contributed by atoms with Crippen LogP contribution in [0.5, 0.6) is 0 Å². The minimum absolute atomic E-state index is 0.833. The molecule has 0 N–H and O–H groups in total. The first-order chi connectivity index (χ1) is 5.93. The second kappa shape index (κ2) is 5.74. The van der Waals surface area contributed by atoms with Gasteiger partial charge in [-0.25, -0.2) is 0 Å². The molecule has 0 bridgehead atoms. The summed E-state index contributed by atoms with van der Waals surface area (Å²) in [4.78, 5) is 4.27. The fourth-order valence-electron chi connectivity index (χ4n) is 0.756. The average Bonchev–Trinajstić information content (AvgIpc) is 1.96. The second-order valence-corrected chi connectivity index (χ2v) is 4.09. The molecule has 0 amide bonds. The van der Waals surface area contributed by atoms with Gasteiger partial charge >= 0.3 is 0 Å². The Hall–Kier alpha value is -0.850. The third kappa shape index (κ3) is 6.32. The Bertz CT molecular complexity index is 249. The topological polar surface area (TPSA) is 12.9 Å². The standard InChI is InChI=1S/C8H11N.C4H10/c1-6-4-5-7(2)9-8(6)3;1-4(2)3/h4-5H,1-3H3;4H,1-3H3. The summed E-state index contributed by atoms with van der Waals surface area (Å²) in [5.74, 6) is 0.833. The first-order valence-corrected chi connectivity index (χ1v) is 4.84. The molecule has 0 saturated heterocycles. The molecule has 1 aromatic rings. The Balaban J connectivity index is 0.000000310. The molecule has 0 spiro atoms. The van der Waals surface area contributed by atoms with E-state index in [0.717, 1.165) is 17.3 Å². The quantitative estimate of drug-likeness (QED) is 0.592. The highest BCUT2D eigenvalue weighted by molar-refractivity contribution is 5.19. The van der Waals surface area contributed by atoms with Crippen LogP contribution in [0.3, 0.4) is 0 Å². The number of nitrogens with zero attached hydrogens (tertiary/aromatic N) is 1. The number of rotatable bonds is 0. The highest BCUT2D eigenvalue weighted by Crippen LogP contribution is 2.02. The number of pyridine rings is 1. The van der Waals surface area contributed by atoms with Crippen LogP contribution in [0.1, 0.15) is 37.7 Å². The molecule has 0 aliphatic heterocycles. The van der Waals surface area contributed by atoms with E-state index in [1.807, 2.05) is 19.9 Å². The Kier molecular flexibility index (Phi) is 5.36. The molecule has 0 fully saturated rings. The lowest BCUT2D eigenvalue weighted by Crippen LogP contribution is -1.87. The third-order valence-electron chi connectivity index (χ3n) is 1.49. The van der Waals surface area contributed by atoms with E-state index in [2.05, 4.69) is 38.7 Å². The van der Waals surface area contributed by atoms with Gasteiger partial charge < -0.3 is 0 Å². The van der Waals surface area contributed by atoms with Gasteiger partial charge in [0.25, 0.3) is 0 Å². The maximum Gasteiger partial charge on any atom is 0.0404 e. The molecule has 74 valence electrons. The van der Waals surface area contributed by atoms with Crippen molar-refractivity contribution in [3.8, 4) is 0 Å². The highest BCUT2D eigenvalue weighted by atomic mass is 14.7. The van der Waals surface area contributed by atoms with Gasteiger partial charge in [-0.3, -0.25) is 4.98 Å². The van der Waals surface area contributed by atoms with Gasteiger partial charge in [-0.05, 0) is 38.3 Å². The van der Waals surface area contributed by atoms with E-state index >= 15 is 0 Å². The molecule has 1 rings (SSSR count). The molecule has 0 saturated carbocycles. The van der Waals surface area contributed by atoms with Crippen molar-refractivity contribution in [1.29, 1.82) is 0 Å². The summed E-state index contributed by atoms with van der Waals surface area (Å²) in [7, 11) is 0. The summed E-state index contributed by atoms with van der Waals surface area (Å²) in [6.45, 7) is 12.6. The van der Waals surface area contributed by atoms with E-state index in [-0.39, 0.29) is 0 Å². The molecule has 0 aliphatic carbocycles. The Morgan fingerprint density at radius 3 is 1.77 bits per heavy atom. The Morgan fingerprint density at radius 1 is 1.00 bits per heavy atom. The lowest BCUT2D eigenvalue weighted by Gasteiger charge is -1.97. The van der Waals surface area contributed by atoms with Crippen LogP contribution >= 0.6 is 0 Å². The average molecular weight is 179 g/mol. The first-order valence-electron chi connectivity index (χ1n) is 4.84. The summed E-state index contributed by atoms with van der Waals surface area (Å²) in [6, 6.07) is 4.12. The van der Waals surface area contributed by atoms with Crippen molar-refractivity contribution in [3.63, 3.8) is 0 Å². The fraction of sp³-hybridized carbons (Fsp3) is 0.583. The van der Waals surface area contributed by atoms with Crippen molar-refractivity contribution in [3.05, 3.63) is 29.1 Å². The van der Waals surface area contributed by atoms with Crippen molar-refractivity contribution in [2.75, 3.05) is 0 Å². The smallest absolute Gasteiger partial charge is 0.0404 e. The van der Waals surface area contributed by atoms with E-state index in [0.29, 0.717) is 0 Å². The van der Waals surface area contributed by atoms with E-state index in [4.69, 9.17) is 0 Å². The molecule has 1 nitrogen and oxygen atoms in total. The molecule has 1 aromatic heterocycles. The maximum absolute atomic E-state index is 4.27. The number of hydrogen-bond acceptors (Lipinski definition) is 1. The zero-order valence-corrected chi connectivity index (χ0v) is 9.68. The van der Waals surface area contributed by atoms with Gasteiger partial charge in [0, 0.05) is 11.4 Å². The summed E-state index contributed by atoms with van der Waals surface area (Å²) < 4.78 is 0. The largest absolute Gasteiger partial charge is 0.258 e. The molecule has 0 unspecified atom stereocenters. The lowest BCUT2D eigenvalue weighted by atomic mass is 10.2. The molecule has 1 heterocycles. The van der Waals surface area contributed by atoms with Crippen molar-refractivity contribution in [2.24, 2.45) is 5.92 Å². The van der Waals surface area contributed by atoms with Gasteiger partial charge in [0.15, 0.2) is 0 Å². The normalized spacial score (nSPS) is 9.46. The predicted molar refractivity (Wildman–Crippen MR) is 59.0 cm³/mol. The molecular weight excluding hydrogens is 158 g/mol. The van der Waals surface area contributed by atoms with Crippen LogP contribution in [0.15, 0.2) is 12.1 Å². The van der Waals surface area contributed by atoms with Crippen molar-refractivity contribution < 1.29 is 0 Å². The van der Waals surface area contributed by atoms with Crippen LogP contribution in [0.25, 0.3) is 0 Å². The fourth-order valence-corrected chi connectivity index (χ4v) is 0.756. The zero-order chi connectivity index (χ0) is 10.4. The van der Waals surface area contributed by atoms with E-state index in [1.54, 1.807) is 0 Å². The van der Waals surface area contributed by atoms with Gasteiger partial charge in [0.1, 0.15) is 0 Å². The van der Waals surface area contributed by atoms with Gasteiger partial charge in [0.05, 0.1) is 0 Å². The van der Waals surface area contributed by atoms with Crippen LogP contribution in [-0.2, 0) is 0 Å². The second-order valence-electron chi connectivity index (χ2n) is 4.09. The van der Waals surface area contributed by atoms with Gasteiger partial charge in [-0.15, -0.1) is 0 Å². The summed E-state index contributed by atoms with van der Waals surface area (Å²) in [5, 5.41) is 0. The predicted octanol–water partition coefficient (Wildman–Crippen LogP) is 3.67. The molecular formula is C12H21N. The molecule has 0 radical (unpaired) electrons. The number of aromatic nitrogens is 1. The van der Waals surface area contributed by atoms with E-state index < -0.39 is 0 Å². The van der Waals surface area contributed by atoms with Crippen LogP contribution in [0.4, 0.5) is 0 Å². The highest BCUT2D eigenvalue weighted by Gasteiger charge is 1.90. The Labute approximate surface area is 82.2 Å². The van der Waals surface area contributed by atoms with Gasteiger partial charge in [0.2, 0.25) is 0 Å². The molecule has 0 aliphatic rings. The first kappa shape index (κ1) is 12.2. The van der Waals surface area contributed by atoms with E-state index in [9.17, 15) is 0 Å². The maximum atomic E-state index is 4.27. The molecule has 13 heavy (non-hydrogen) atoms. The molecule has 1 heteroatoms. The van der Waals surface area contributed by atoms with Crippen molar-refractivity contribution >= 4 is 0 Å².